The third-order valence-corrected chi connectivity index (χ3v) is 7.23. The van der Waals surface area contributed by atoms with E-state index in [4.69, 9.17) is 9.84 Å². The van der Waals surface area contributed by atoms with Crippen molar-refractivity contribution in [2.75, 3.05) is 5.32 Å². The summed E-state index contributed by atoms with van der Waals surface area (Å²) < 4.78 is 7.83. The summed E-state index contributed by atoms with van der Waals surface area (Å²) in [5.41, 5.74) is 5.12. The number of thioether (sulfide) groups is 1. The molecule has 1 aromatic heterocycles. The van der Waals surface area contributed by atoms with Gasteiger partial charge in [0.15, 0.2) is 0 Å². The first-order valence-corrected chi connectivity index (χ1v) is 11.9. The van der Waals surface area contributed by atoms with Gasteiger partial charge < -0.3 is 10.1 Å². The summed E-state index contributed by atoms with van der Waals surface area (Å²) in [6.45, 7) is 6.01. The molecule has 33 heavy (non-hydrogen) atoms. The molecule has 1 aliphatic rings. The summed E-state index contributed by atoms with van der Waals surface area (Å²) in [4.78, 5) is 12.9. The van der Waals surface area contributed by atoms with E-state index >= 15 is 0 Å². The first-order chi connectivity index (χ1) is 16.0. The number of hydrogen-bond donors (Lipinski definition) is 1. The van der Waals surface area contributed by atoms with E-state index in [1.165, 1.54) is 0 Å². The number of aryl methyl sites for hydroxylation is 2. The average Bonchev–Trinajstić information content (AvgIpc) is 3.06. The minimum absolute atomic E-state index is 0.0116. The number of para-hydroxylation sites is 2. The summed E-state index contributed by atoms with van der Waals surface area (Å²) in [5.74, 6) is 2.31. The van der Waals surface area contributed by atoms with Gasteiger partial charge in [0.2, 0.25) is 5.91 Å². The Morgan fingerprint density at radius 3 is 2.30 bits per heavy atom. The van der Waals surface area contributed by atoms with Gasteiger partial charge in [-0.2, -0.15) is 5.10 Å². The lowest BCUT2D eigenvalue weighted by Gasteiger charge is -2.18. The highest BCUT2D eigenvalue weighted by molar-refractivity contribution is 8.01. The van der Waals surface area contributed by atoms with Crippen molar-refractivity contribution in [2.24, 2.45) is 0 Å². The average molecular weight is 456 g/mol. The maximum Gasteiger partial charge on any atom is 0.238 e. The van der Waals surface area contributed by atoms with Crippen molar-refractivity contribution in [1.29, 1.82) is 0 Å². The number of benzene rings is 3. The van der Waals surface area contributed by atoms with Crippen LogP contribution in [-0.2, 0) is 4.79 Å². The van der Waals surface area contributed by atoms with Gasteiger partial charge in [-0.3, -0.25) is 4.79 Å². The lowest BCUT2D eigenvalue weighted by atomic mass is 10.0. The second kappa shape index (κ2) is 8.79. The largest absolute Gasteiger partial charge is 0.457 e. The van der Waals surface area contributed by atoms with Gasteiger partial charge in [-0.05, 0) is 62.2 Å². The Hall–Kier alpha value is -3.51. The van der Waals surface area contributed by atoms with Crippen LogP contribution in [0.2, 0.25) is 0 Å². The topological polar surface area (TPSA) is 56.2 Å². The first-order valence-electron chi connectivity index (χ1n) is 11.0. The van der Waals surface area contributed by atoms with E-state index in [9.17, 15) is 4.79 Å². The van der Waals surface area contributed by atoms with Crippen LogP contribution in [0.3, 0.4) is 0 Å². The molecule has 166 valence electrons. The highest BCUT2D eigenvalue weighted by Crippen LogP contribution is 2.46. The monoisotopic (exact) mass is 455 g/mol. The lowest BCUT2D eigenvalue weighted by Crippen LogP contribution is -2.22. The maximum absolute atomic E-state index is 12.9. The number of rotatable bonds is 4. The SMILES string of the molecule is Cc1ccccc1-n1nc(C)c2c1NC(=O)[C@H](C)S[C@@H]2c1ccc(Oc2ccccc2)cc1. The van der Waals surface area contributed by atoms with E-state index in [0.717, 1.165) is 45.4 Å². The van der Waals surface area contributed by atoms with Gasteiger partial charge in [0.1, 0.15) is 17.3 Å². The second-order valence-corrected chi connectivity index (χ2v) is 9.63. The number of nitrogens with one attached hydrogen (secondary N) is 1. The minimum atomic E-state index is -0.202. The van der Waals surface area contributed by atoms with Crippen LogP contribution in [0.25, 0.3) is 5.69 Å². The molecule has 0 aliphatic carbocycles. The van der Waals surface area contributed by atoms with Crippen molar-refractivity contribution in [3.63, 3.8) is 0 Å². The Bertz CT molecular complexity index is 1300. The molecule has 0 fully saturated rings. The van der Waals surface area contributed by atoms with E-state index < -0.39 is 0 Å². The minimum Gasteiger partial charge on any atom is -0.457 e. The fraction of sp³-hybridized carbons (Fsp3) is 0.185. The van der Waals surface area contributed by atoms with E-state index in [1.54, 1.807) is 11.8 Å². The van der Waals surface area contributed by atoms with Crippen molar-refractivity contribution in [2.45, 2.75) is 31.3 Å². The van der Waals surface area contributed by atoms with Crippen LogP contribution >= 0.6 is 11.8 Å². The second-order valence-electron chi connectivity index (χ2n) is 8.18. The van der Waals surface area contributed by atoms with Crippen LogP contribution in [0.4, 0.5) is 5.82 Å². The predicted molar refractivity (Wildman–Crippen MR) is 134 cm³/mol. The first kappa shape index (κ1) is 21.3. The Morgan fingerprint density at radius 2 is 1.58 bits per heavy atom. The van der Waals surface area contributed by atoms with Crippen LogP contribution in [0.1, 0.15) is 34.6 Å². The van der Waals surface area contributed by atoms with E-state index in [2.05, 4.69) is 30.4 Å². The Labute approximate surface area is 197 Å². The number of fused-ring (bicyclic) bond motifs is 1. The smallest absolute Gasteiger partial charge is 0.238 e. The van der Waals surface area contributed by atoms with Crippen LogP contribution in [0, 0.1) is 13.8 Å². The highest BCUT2D eigenvalue weighted by atomic mass is 32.2. The number of carbonyl (C=O) groups is 1. The molecule has 1 amide bonds. The molecule has 0 bridgehead atoms. The molecule has 6 heteroatoms. The number of nitrogens with zero attached hydrogens (tertiary/aromatic N) is 2. The predicted octanol–water partition coefficient (Wildman–Crippen LogP) is 6.44. The van der Waals surface area contributed by atoms with Crippen LogP contribution in [0.15, 0.2) is 78.9 Å². The summed E-state index contributed by atoms with van der Waals surface area (Å²) in [5, 5.41) is 7.75. The normalized spacial score (nSPS) is 17.7. The molecule has 2 atom stereocenters. The van der Waals surface area contributed by atoms with Crippen molar-refractivity contribution in [3.8, 4) is 17.2 Å². The summed E-state index contributed by atoms with van der Waals surface area (Å²) in [6, 6.07) is 25.9. The quantitative estimate of drug-likeness (QED) is 0.384. The molecule has 1 aliphatic heterocycles. The number of anilines is 1. The molecule has 2 heterocycles. The van der Waals surface area contributed by atoms with Crippen molar-refractivity contribution >= 4 is 23.5 Å². The van der Waals surface area contributed by atoms with Crippen molar-refractivity contribution in [3.05, 3.63) is 101 Å². The number of amides is 1. The third-order valence-electron chi connectivity index (χ3n) is 5.83. The van der Waals surface area contributed by atoms with Gasteiger partial charge in [-0.1, -0.05) is 48.5 Å². The Morgan fingerprint density at radius 1 is 0.909 bits per heavy atom. The number of ether oxygens (including phenoxy) is 1. The highest BCUT2D eigenvalue weighted by Gasteiger charge is 2.34. The van der Waals surface area contributed by atoms with Crippen LogP contribution in [-0.4, -0.2) is 20.9 Å². The van der Waals surface area contributed by atoms with Crippen molar-refractivity contribution < 1.29 is 9.53 Å². The standard InChI is InChI=1S/C27H25N3O2S/c1-17-9-7-8-12-23(17)30-26-24(18(2)29-30)25(33-19(3)27(31)28-26)20-13-15-22(16-14-20)32-21-10-5-4-6-11-21/h4-16,19,25H,1-3H3,(H,28,31)/t19-,25+/m0/s1. The molecule has 0 unspecified atom stereocenters. The van der Waals surface area contributed by atoms with Crippen LogP contribution < -0.4 is 10.1 Å². The number of hydrogen-bond acceptors (Lipinski definition) is 4. The molecule has 0 spiro atoms. The zero-order chi connectivity index (χ0) is 22.9. The van der Waals surface area contributed by atoms with Crippen molar-refractivity contribution in [1.82, 2.24) is 9.78 Å². The maximum atomic E-state index is 12.9. The molecule has 4 aromatic rings. The van der Waals surface area contributed by atoms with Gasteiger partial charge in [0.25, 0.3) is 0 Å². The fourth-order valence-electron chi connectivity index (χ4n) is 4.08. The zero-order valence-electron chi connectivity index (χ0n) is 18.8. The zero-order valence-corrected chi connectivity index (χ0v) is 19.6. The van der Waals surface area contributed by atoms with Gasteiger partial charge in [0, 0.05) is 5.56 Å². The van der Waals surface area contributed by atoms with Gasteiger partial charge in [-0.25, -0.2) is 4.68 Å². The van der Waals surface area contributed by atoms with Gasteiger partial charge in [-0.15, -0.1) is 11.8 Å². The van der Waals surface area contributed by atoms with E-state index in [0.29, 0.717) is 0 Å². The summed E-state index contributed by atoms with van der Waals surface area (Å²) in [6.07, 6.45) is 0. The van der Waals surface area contributed by atoms with E-state index in [1.807, 2.05) is 79.2 Å². The molecular weight excluding hydrogens is 430 g/mol. The molecule has 5 nitrogen and oxygen atoms in total. The molecule has 1 N–H and O–H groups in total. The molecule has 0 saturated carbocycles. The molecule has 0 radical (unpaired) electrons. The summed E-state index contributed by atoms with van der Waals surface area (Å²) >= 11 is 1.64. The van der Waals surface area contributed by atoms with Crippen LogP contribution in [0.5, 0.6) is 11.5 Å². The van der Waals surface area contributed by atoms with E-state index in [-0.39, 0.29) is 16.4 Å². The molecular formula is C27H25N3O2S. The van der Waals surface area contributed by atoms with Gasteiger partial charge in [0.05, 0.1) is 21.9 Å². The van der Waals surface area contributed by atoms with Gasteiger partial charge >= 0.3 is 0 Å². The Balaban J connectivity index is 1.55. The molecule has 3 aromatic carbocycles. The fourth-order valence-corrected chi connectivity index (χ4v) is 5.40. The molecule has 5 rings (SSSR count). The lowest BCUT2D eigenvalue weighted by molar-refractivity contribution is -0.115. The number of carbonyl (C=O) groups excluding carboxylic acids is 1. The Kier molecular flexibility index (Phi) is 5.68. The number of aromatic nitrogens is 2. The summed E-state index contributed by atoms with van der Waals surface area (Å²) in [7, 11) is 0. The molecule has 0 saturated heterocycles. The third kappa shape index (κ3) is 4.14.